The zero-order valence-corrected chi connectivity index (χ0v) is 16.4. The summed E-state index contributed by atoms with van der Waals surface area (Å²) in [4.78, 5) is 39.0. The highest BCUT2D eigenvalue weighted by atomic mass is 32.2. The standard InChI is InChI=1S/C16H27N5O5S/c1-27(25,26)20-11-9-19(10-12-20)8-5-13(22)18-21-14(23)16(17-15(21)24)6-3-2-4-7-16/h2-12H2,1H3,(H,17,24)(H,18,22). The van der Waals surface area contributed by atoms with Gasteiger partial charge in [-0.25, -0.2) is 13.2 Å². The fourth-order valence-corrected chi connectivity index (χ4v) is 4.77. The van der Waals surface area contributed by atoms with Gasteiger partial charge < -0.3 is 10.2 Å². The van der Waals surface area contributed by atoms with Gasteiger partial charge in [-0.15, -0.1) is 0 Å². The second-order valence-corrected chi connectivity index (χ2v) is 9.48. The molecule has 2 heterocycles. The van der Waals surface area contributed by atoms with Crippen LogP contribution in [0, 0.1) is 0 Å². The van der Waals surface area contributed by atoms with Crippen LogP contribution in [-0.2, 0) is 19.6 Å². The molecule has 4 amide bonds. The summed E-state index contributed by atoms with van der Waals surface area (Å²) in [5.41, 5.74) is 1.57. The van der Waals surface area contributed by atoms with Crippen LogP contribution < -0.4 is 10.7 Å². The summed E-state index contributed by atoms with van der Waals surface area (Å²) >= 11 is 0. The van der Waals surface area contributed by atoms with Crippen molar-refractivity contribution in [1.82, 2.24) is 25.0 Å². The summed E-state index contributed by atoms with van der Waals surface area (Å²) in [6, 6.07) is -0.572. The number of hydrazine groups is 1. The van der Waals surface area contributed by atoms with Crippen molar-refractivity contribution in [2.45, 2.75) is 44.1 Å². The Labute approximate surface area is 159 Å². The first-order valence-electron chi connectivity index (χ1n) is 9.35. The summed E-state index contributed by atoms with van der Waals surface area (Å²) in [6.45, 7) is 2.34. The minimum Gasteiger partial charge on any atom is -0.322 e. The molecule has 3 fully saturated rings. The summed E-state index contributed by atoms with van der Waals surface area (Å²) < 4.78 is 24.4. The van der Waals surface area contributed by atoms with Gasteiger partial charge >= 0.3 is 6.03 Å². The number of rotatable bonds is 5. The van der Waals surface area contributed by atoms with Gasteiger partial charge in [-0.3, -0.25) is 15.0 Å². The molecule has 2 N–H and O–H groups in total. The summed E-state index contributed by atoms with van der Waals surface area (Å²) in [5.74, 6) is -0.779. The number of piperazine rings is 1. The van der Waals surface area contributed by atoms with Crippen molar-refractivity contribution in [1.29, 1.82) is 0 Å². The molecule has 0 aromatic heterocycles. The lowest BCUT2D eigenvalue weighted by Crippen LogP contribution is -2.52. The summed E-state index contributed by atoms with van der Waals surface area (Å²) in [5, 5.41) is 3.56. The van der Waals surface area contributed by atoms with E-state index in [0.717, 1.165) is 24.3 Å². The third-order valence-corrected chi connectivity index (χ3v) is 6.86. The van der Waals surface area contributed by atoms with Gasteiger partial charge in [-0.1, -0.05) is 19.3 Å². The molecule has 2 aliphatic heterocycles. The second kappa shape index (κ2) is 7.72. The Morgan fingerprint density at radius 2 is 1.74 bits per heavy atom. The zero-order valence-electron chi connectivity index (χ0n) is 15.6. The third-order valence-electron chi connectivity index (χ3n) is 5.56. The lowest BCUT2D eigenvalue weighted by molar-refractivity contribution is -0.140. The van der Waals surface area contributed by atoms with Crippen molar-refractivity contribution in [3.8, 4) is 0 Å². The molecule has 0 aromatic rings. The molecule has 0 aromatic carbocycles. The Morgan fingerprint density at radius 3 is 2.33 bits per heavy atom. The fraction of sp³-hybridized carbons (Fsp3) is 0.812. The van der Waals surface area contributed by atoms with E-state index in [9.17, 15) is 22.8 Å². The Kier molecular flexibility index (Phi) is 5.73. The highest BCUT2D eigenvalue weighted by molar-refractivity contribution is 7.88. The Hall–Kier alpha value is -1.72. The van der Waals surface area contributed by atoms with Gasteiger partial charge in [0.2, 0.25) is 15.9 Å². The number of carbonyl (C=O) groups is 3. The highest BCUT2D eigenvalue weighted by Gasteiger charge is 2.52. The quantitative estimate of drug-likeness (QED) is 0.585. The van der Waals surface area contributed by atoms with E-state index in [1.165, 1.54) is 10.6 Å². The first-order chi connectivity index (χ1) is 12.7. The molecular formula is C16H27N5O5S. The van der Waals surface area contributed by atoms with Crippen LogP contribution in [0.15, 0.2) is 0 Å². The largest absolute Gasteiger partial charge is 0.344 e. The number of hydrogen-bond acceptors (Lipinski definition) is 6. The van der Waals surface area contributed by atoms with Crippen molar-refractivity contribution in [3.05, 3.63) is 0 Å². The number of amides is 4. The molecule has 3 rings (SSSR count). The van der Waals surface area contributed by atoms with E-state index in [1.54, 1.807) is 0 Å². The average molecular weight is 401 g/mol. The summed E-state index contributed by atoms with van der Waals surface area (Å²) in [6.07, 6.45) is 5.34. The van der Waals surface area contributed by atoms with Gasteiger partial charge in [0.25, 0.3) is 5.91 Å². The molecule has 27 heavy (non-hydrogen) atoms. The van der Waals surface area contributed by atoms with Crippen LogP contribution in [-0.4, -0.2) is 85.0 Å². The molecule has 0 radical (unpaired) electrons. The van der Waals surface area contributed by atoms with Gasteiger partial charge in [0.05, 0.1) is 6.26 Å². The number of nitrogens with one attached hydrogen (secondary N) is 2. The number of urea groups is 1. The minimum absolute atomic E-state index is 0.128. The maximum atomic E-state index is 12.6. The Morgan fingerprint density at radius 1 is 1.11 bits per heavy atom. The molecule has 152 valence electrons. The predicted octanol–water partition coefficient (Wildman–Crippen LogP) is -0.760. The van der Waals surface area contributed by atoms with Gasteiger partial charge in [-0.05, 0) is 12.8 Å². The van der Waals surface area contributed by atoms with E-state index < -0.39 is 27.5 Å². The van der Waals surface area contributed by atoms with Crippen LogP contribution in [0.1, 0.15) is 38.5 Å². The molecule has 0 bridgehead atoms. The molecule has 3 aliphatic rings. The third kappa shape index (κ3) is 4.41. The van der Waals surface area contributed by atoms with E-state index in [2.05, 4.69) is 10.7 Å². The monoisotopic (exact) mass is 401 g/mol. The molecule has 2 saturated heterocycles. The van der Waals surface area contributed by atoms with Crippen LogP contribution in [0.25, 0.3) is 0 Å². The van der Waals surface area contributed by atoms with Crippen LogP contribution in [0.3, 0.4) is 0 Å². The smallest absolute Gasteiger partial charge is 0.322 e. The lowest BCUT2D eigenvalue weighted by atomic mass is 9.82. The molecule has 1 spiro atoms. The molecule has 0 atom stereocenters. The maximum absolute atomic E-state index is 12.6. The Bertz CT molecular complexity index is 711. The SMILES string of the molecule is CS(=O)(=O)N1CCN(CCC(=O)NN2C(=O)NC3(CCCCC3)C2=O)CC1. The number of sulfonamides is 1. The normalized spacial score (nSPS) is 24.3. The Balaban J connectivity index is 1.46. The number of carbonyl (C=O) groups excluding carboxylic acids is 3. The van der Waals surface area contributed by atoms with Crippen LogP contribution in [0.2, 0.25) is 0 Å². The predicted molar refractivity (Wildman–Crippen MR) is 96.8 cm³/mol. The van der Waals surface area contributed by atoms with Crippen LogP contribution in [0.5, 0.6) is 0 Å². The topological polar surface area (TPSA) is 119 Å². The van der Waals surface area contributed by atoms with Crippen molar-refractivity contribution >= 4 is 27.9 Å². The van der Waals surface area contributed by atoms with E-state index in [0.29, 0.717) is 45.6 Å². The molecular weight excluding hydrogens is 374 g/mol. The molecule has 1 saturated carbocycles. The van der Waals surface area contributed by atoms with Crippen molar-refractivity contribution in [2.24, 2.45) is 0 Å². The molecule has 11 heteroatoms. The number of imide groups is 1. The molecule has 10 nitrogen and oxygen atoms in total. The second-order valence-electron chi connectivity index (χ2n) is 7.50. The first-order valence-corrected chi connectivity index (χ1v) is 11.2. The summed E-state index contributed by atoms with van der Waals surface area (Å²) in [7, 11) is -3.18. The van der Waals surface area contributed by atoms with Crippen LogP contribution >= 0.6 is 0 Å². The first kappa shape index (κ1) is 20.0. The van der Waals surface area contributed by atoms with Crippen molar-refractivity contribution < 1.29 is 22.8 Å². The van der Waals surface area contributed by atoms with Gasteiger partial charge in [0.1, 0.15) is 5.54 Å². The van der Waals surface area contributed by atoms with Gasteiger partial charge in [0, 0.05) is 39.1 Å². The molecule has 0 unspecified atom stereocenters. The minimum atomic E-state index is -3.18. The van der Waals surface area contributed by atoms with Crippen molar-refractivity contribution in [3.63, 3.8) is 0 Å². The van der Waals surface area contributed by atoms with Crippen molar-refractivity contribution in [2.75, 3.05) is 39.0 Å². The van der Waals surface area contributed by atoms with E-state index in [1.807, 2.05) is 4.90 Å². The lowest BCUT2D eigenvalue weighted by Gasteiger charge is -2.33. The van der Waals surface area contributed by atoms with E-state index in [4.69, 9.17) is 0 Å². The fourth-order valence-electron chi connectivity index (χ4n) is 3.94. The zero-order chi connectivity index (χ0) is 19.7. The van der Waals surface area contributed by atoms with E-state index in [-0.39, 0.29) is 12.3 Å². The van der Waals surface area contributed by atoms with Crippen LogP contribution in [0.4, 0.5) is 4.79 Å². The maximum Gasteiger partial charge on any atom is 0.344 e. The number of nitrogens with zero attached hydrogens (tertiary/aromatic N) is 3. The number of hydrogen-bond donors (Lipinski definition) is 2. The molecule has 1 aliphatic carbocycles. The van der Waals surface area contributed by atoms with Gasteiger partial charge in [0.15, 0.2) is 0 Å². The highest BCUT2D eigenvalue weighted by Crippen LogP contribution is 2.32. The van der Waals surface area contributed by atoms with E-state index >= 15 is 0 Å². The van der Waals surface area contributed by atoms with Gasteiger partial charge in [-0.2, -0.15) is 9.31 Å². The average Bonchev–Trinajstić information content (AvgIpc) is 2.84.